The minimum Gasteiger partial charge on any atom is -1.00 e. The number of ether oxygens (including phenoxy) is 2. The zero-order valence-electron chi connectivity index (χ0n) is 11.7. The monoisotopic (exact) mass is 292 g/mol. The normalized spacial score (nSPS) is 9.70. The number of hydrogen-bond donors (Lipinski definition) is 1. The highest BCUT2D eigenvalue weighted by Gasteiger charge is 2.10. The molecule has 0 unspecified atom stereocenters. The summed E-state index contributed by atoms with van der Waals surface area (Å²) in [5.74, 6) is 1.58. The van der Waals surface area contributed by atoms with E-state index in [0.717, 1.165) is 29.2 Å². The van der Waals surface area contributed by atoms with E-state index in [0.29, 0.717) is 6.61 Å². The van der Waals surface area contributed by atoms with Gasteiger partial charge in [0.15, 0.2) is 11.5 Å². The molecule has 2 aromatic rings. The molecule has 0 aromatic heterocycles. The second kappa shape index (κ2) is 8.46. The van der Waals surface area contributed by atoms with Crippen molar-refractivity contribution in [2.75, 3.05) is 14.2 Å². The minimum atomic E-state index is 0. The molecule has 1 N–H and O–H groups in total. The summed E-state index contributed by atoms with van der Waals surface area (Å²) in [5.41, 5.74) is 2.24. The van der Waals surface area contributed by atoms with Crippen molar-refractivity contribution in [1.82, 2.24) is 5.32 Å². The first kappa shape index (κ1) is 16.3. The average Bonchev–Trinajstić information content (AvgIpc) is 2.47. The summed E-state index contributed by atoms with van der Waals surface area (Å²) in [6.07, 6.45) is 0. The molecular weight excluding hydrogens is 274 g/mol. The van der Waals surface area contributed by atoms with Crippen molar-refractivity contribution in [2.24, 2.45) is 0 Å². The van der Waals surface area contributed by atoms with Crippen LogP contribution in [-0.2, 0) is 13.2 Å². The van der Waals surface area contributed by atoms with Crippen molar-refractivity contribution in [2.45, 2.75) is 13.2 Å². The first-order valence-corrected chi connectivity index (χ1v) is 6.32. The van der Waals surface area contributed by atoms with Crippen molar-refractivity contribution in [3.05, 3.63) is 59.7 Å². The molecule has 0 heterocycles. The SMILES string of the molecule is CNCc1cccc(OC)c1OCc1ccccc1.[Cl-]. The van der Waals surface area contributed by atoms with Gasteiger partial charge in [-0.2, -0.15) is 0 Å². The lowest BCUT2D eigenvalue weighted by molar-refractivity contribution is -0.00000445. The highest BCUT2D eigenvalue weighted by atomic mass is 35.5. The molecule has 0 aliphatic rings. The van der Waals surface area contributed by atoms with E-state index >= 15 is 0 Å². The molecule has 0 amide bonds. The molecule has 108 valence electrons. The lowest BCUT2D eigenvalue weighted by atomic mass is 10.2. The van der Waals surface area contributed by atoms with Crippen molar-refractivity contribution < 1.29 is 21.9 Å². The van der Waals surface area contributed by atoms with Crippen LogP contribution in [0, 0.1) is 0 Å². The van der Waals surface area contributed by atoms with Gasteiger partial charge in [0.2, 0.25) is 0 Å². The van der Waals surface area contributed by atoms with Crippen LogP contribution in [0.15, 0.2) is 48.5 Å². The lowest BCUT2D eigenvalue weighted by Crippen LogP contribution is -3.00. The van der Waals surface area contributed by atoms with Crippen LogP contribution in [0.2, 0.25) is 0 Å². The Labute approximate surface area is 126 Å². The predicted octanol–water partition coefficient (Wildman–Crippen LogP) is -0.00240. The van der Waals surface area contributed by atoms with E-state index in [9.17, 15) is 0 Å². The highest BCUT2D eigenvalue weighted by Crippen LogP contribution is 2.31. The Morgan fingerprint density at radius 2 is 1.75 bits per heavy atom. The Morgan fingerprint density at radius 1 is 1.00 bits per heavy atom. The molecule has 0 bridgehead atoms. The molecule has 0 aliphatic heterocycles. The van der Waals surface area contributed by atoms with Crippen LogP contribution >= 0.6 is 0 Å². The smallest absolute Gasteiger partial charge is 0.166 e. The van der Waals surface area contributed by atoms with E-state index in [1.54, 1.807) is 7.11 Å². The van der Waals surface area contributed by atoms with Gasteiger partial charge in [-0.1, -0.05) is 42.5 Å². The summed E-state index contributed by atoms with van der Waals surface area (Å²) in [6.45, 7) is 1.29. The van der Waals surface area contributed by atoms with Gasteiger partial charge in [-0.25, -0.2) is 0 Å². The third-order valence-electron chi connectivity index (χ3n) is 2.87. The van der Waals surface area contributed by atoms with Crippen LogP contribution in [0.4, 0.5) is 0 Å². The number of rotatable bonds is 6. The maximum absolute atomic E-state index is 5.93. The lowest BCUT2D eigenvalue weighted by Gasteiger charge is -2.15. The van der Waals surface area contributed by atoms with Gasteiger partial charge in [0.05, 0.1) is 7.11 Å². The fourth-order valence-corrected chi connectivity index (χ4v) is 1.95. The molecule has 3 nitrogen and oxygen atoms in total. The summed E-state index contributed by atoms with van der Waals surface area (Å²) < 4.78 is 11.3. The van der Waals surface area contributed by atoms with Gasteiger partial charge >= 0.3 is 0 Å². The molecular formula is C16H19ClNO2-. The maximum Gasteiger partial charge on any atom is 0.166 e. The van der Waals surface area contributed by atoms with E-state index in [-0.39, 0.29) is 12.4 Å². The third-order valence-corrected chi connectivity index (χ3v) is 2.87. The van der Waals surface area contributed by atoms with Gasteiger partial charge in [-0.3, -0.25) is 0 Å². The largest absolute Gasteiger partial charge is 1.00 e. The van der Waals surface area contributed by atoms with E-state index in [1.165, 1.54) is 0 Å². The van der Waals surface area contributed by atoms with Crippen molar-refractivity contribution in [1.29, 1.82) is 0 Å². The van der Waals surface area contributed by atoms with Crippen LogP contribution < -0.4 is 27.2 Å². The fraction of sp³-hybridized carbons (Fsp3) is 0.250. The zero-order valence-corrected chi connectivity index (χ0v) is 12.5. The molecule has 0 spiro atoms. The molecule has 0 radical (unpaired) electrons. The molecule has 0 saturated heterocycles. The zero-order chi connectivity index (χ0) is 13.5. The van der Waals surface area contributed by atoms with Crippen molar-refractivity contribution >= 4 is 0 Å². The summed E-state index contributed by atoms with van der Waals surface area (Å²) >= 11 is 0. The Hall–Kier alpha value is -1.71. The molecule has 2 aromatic carbocycles. The van der Waals surface area contributed by atoms with Gasteiger partial charge in [0.1, 0.15) is 6.61 Å². The average molecular weight is 293 g/mol. The topological polar surface area (TPSA) is 30.5 Å². The molecule has 0 saturated carbocycles. The van der Waals surface area contributed by atoms with Crippen LogP contribution in [0.1, 0.15) is 11.1 Å². The first-order chi connectivity index (χ1) is 9.35. The number of methoxy groups -OCH3 is 1. The highest BCUT2D eigenvalue weighted by molar-refractivity contribution is 5.46. The molecule has 0 aliphatic carbocycles. The standard InChI is InChI=1S/C16H19NO2.ClH/c1-17-11-14-9-6-10-15(18-2)16(14)19-12-13-7-4-3-5-8-13;/h3-10,17H,11-12H2,1-2H3;1H/p-1. The van der Waals surface area contributed by atoms with Gasteiger partial charge in [0, 0.05) is 12.1 Å². The molecule has 2 rings (SSSR count). The Kier molecular flexibility index (Phi) is 6.91. The van der Waals surface area contributed by atoms with Gasteiger partial charge in [-0.15, -0.1) is 0 Å². The van der Waals surface area contributed by atoms with Crippen LogP contribution in [0.3, 0.4) is 0 Å². The van der Waals surface area contributed by atoms with Gasteiger partial charge in [0.25, 0.3) is 0 Å². The Morgan fingerprint density at radius 3 is 2.40 bits per heavy atom. The van der Waals surface area contributed by atoms with Crippen molar-refractivity contribution in [3.8, 4) is 11.5 Å². The molecule has 0 atom stereocenters. The number of nitrogens with one attached hydrogen (secondary N) is 1. The van der Waals surface area contributed by atoms with E-state index in [2.05, 4.69) is 5.32 Å². The summed E-state index contributed by atoms with van der Waals surface area (Å²) in [6, 6.07) is 16.0. The van der Waals surface area contributed by atoms with E-state index < -0.39 is 0 Å². The summed E-state index contributed by atoms with van der Waals surface area (Å²) in [4.78, 5) is 0. The molecule has 20 heavy (non-hydrogen) atoms. The van der Waals surface area contributed by atoms with E-state index in [4.69, 9.17) is 9.47 Å². The Bertz CT molecular complexity index is 517. The fourth-order valence-electron chi connectivity index (χ4n) is 1.95. The predicted molar refractivity (Wildman–Crippen MR) is 76.5 cm³/mol. The second-order valence-corrected chi connectivity index (χ2v) is 4.25. The van der Waals surface area contributed by atoms with Gasteiger partial charge < -0.3 is 27.2 Å². The second-order valence-electron chi connectivity index (χ2n) is 4.25. The number of hydrogen-bond acceptors (Lipinski definition) is 3. The first-order valence-electron chi connectivity index (χ1n) is 6.32. The number of benzene rings is 2. The minimum absolute atomic E-state index is 0. The number of para-hydroxylation sites is 1. The van der Waals surface area contributed by atoms with Gasteiger partial charge in [-0.05, 0) is 18.7 Å². The molecule has 0 fully saturated rings. The quantitative estimate of drug-likeness (QED) is 0.813. The third kappa shape index (κ3) is 4.15. The summed E-state index contributed by atoms with van der Waals surface area (Å²) in [7, 11) is 3.58. The molecule has 4 heteroatoms. The van der Waals surface area contributed by atoms with Crippen molar-refractivity contribution in [3.63, 3.8) is 0 Å². The van der Waals surface area contributed by atoms with E-state index in [1.807, 2.05) is 55.6 Å². The maximum atomic E-state index is 5.93. The number of halogens is 1. The van der Waals surface area contributed by atoms with Crippen LogP contribution in [-0.4, -0.2) is 14.2 Å². The Balaban J connectivity index is 0.00000200. The van der Waals surface area contributed by atoms with Crippen LogP contribution in [0.5, 0.6) is 11.5 Å². The van der Waals surface area contributed by atoms with Crippen LogP contribution in [0.25, 0.3) is 0 Å². The summed E-state index contributed by atoms with van der Waals surface area (Å²) in [5, 5.41) is 3.14.